The van der Waals surface area contributed by atoms with Crippen LogP contribution in [0.25, 0.3) is 6.08 Å². The topological polar surface area (TPSA) is 85.2 Å². The summed E-state index contributed by atoms with van der Waals surface area (Å²) in [6.07, 6.45) is 1.63. The van der Waals surface area contributed by atoms with Gasteiger partial charge in [0.25, 0.3) is 0 Å². The number of nitrogens with zero attached hydrogens (tertiary/aromatic N) is 1. The fraction of sp³-hybridized carbons (Fsp3) is 0.0556. The van der Waals surface area contributed by atoms with Crippen LogP contribution in [0.15, 0.2) is 65.3 Å². The molecule has 1 aliphatic heterocycles. The van der Waals surface area contributed by atoms with Crippen molar-refractivity contribution in [3.05, 3.63) is 71.3 Å². The Morgan fingerprint density at radius 2 is 1.96 bits per heavy atom. The quantitative estimate of drug-likeness (QED) is 0.675. The molecule has 0 spiro atoms. The maximum Gasteiger partial charge on any atom is 0.368 e. The van der Waals surface area contributed by atoms with E-state index in [4.69, 9.17) is 14.7 Å². The molecular weight excluding hydrogens is 310 g/mol. The molecule has 0 radical (unpaired) electrons. The van der Waals surface area contributed by atoms with Gasteiger partial charge in [0.2, 0.25) is 0 Å². The highest BCUT2D eigenvalue weighted by Crippen LogP contribution is 2.22. The zero-order valence-electron chi connectivity index (χ0n) is 12.5. The molecule has 0 saturated carbocycles. The fourth-order valence-electron chi connectivity index (χ4n) is 2.22. The van der Waals surface area contributed by atoms with Crippen molar-refractivity contribution in [2.45, 2.75) is 0 Å². The first-order chi connectivity index (χ1) is 11.6. The normalized spacial score (nSPS) is 15.1. The Hall–Kier alpha value is -3.41. The lowest BCUT2D eigenvalue weighted by atomic mass is 10.0. The van der Waals surface area contributed by atoms with Gasteiger partial charge in [-0.2, -0.15) is 0 Å². The molecule has 6 heteroatoms. The molecule has 3 rings (SSSR count). The summed E-state index contributed by atoms with van der Waals surface area (Å²) in [6.45, 7) is -0.432. The van der Waals surface area contributed by atoms with Gasteiger partial charge in [-0.05, 0) is 23.8 Å². The number of aliphatic carboxylic acids is 1. The Morgan fingerprint density at radius 1 is 1.17 bits per heavy atom. The third-order valence-corrected chi connectivity index (χ3v) is 3.27. The summed E-state index contributed by atoms with van der Waals surface area (Å²) in [7, 11) is 0. The van der Waals surface area contributed by atoms with Crippen LogP contribution in [0.1, 0.15) is 11.1 Å². The van der Waals surface area contributed by atoms with Gasteiger partial charge >= 0.3 is 11.9 Å². The van der Waals surface area contributed by atoms with E-state index < -0.39 is 18.5 Å². The number of oxime groups is 1. The maximum absolute atomic E-state index is 11.9. The minimum absolute atomic E-state index is 0.330. The van der Waals surface area contributed by atoms with Crippen LogP contribution in [0.5, 0.6) is 5.75 Å². The van der Waals surface area contributed by atoms with Crippen molar-refractivity contribution in [3.8, 4) is 5.75 Å². The standard InChI is InChI=1S/C18H13NO5/c20-16(21)11-23-14-8-4-5-12(9-14)10-15-17(19-24-18(15)22)13-6-2-1-3-7-13/h1-10H,11H2,(H,20,21)/b15-10+. The van der Waals surface area contributed by atoms with E-state index in [1.165, 1.54) is 0 Å². The number of carboxylic acid groups (broad SMARTS) is 1. The molecule has 0 unspecified atom stereocenters. The van der Waals surface area contributed by atoms with Crippen LogP contribution in [-0.4, -0.2) is 29.4 Å². The lowest BCUT2D eigenvalue weighted by Crippen LogP contribution is -2.09. The molecule has 1 heterocycles. The first-order valence-corrected chi connectivity index (χ1v) is 7.15. The molecule has 2 aromatic rings. The summed E-state index contributed by atoms with van der Waals surface area (Å²) < 4.78 is 5.14. The number of carboxylic acids is 1. The third kappa shape index (κ3) is 3.49. The molecule has 0 aromatic heterocycles. The SMILES string of the molecule is O=C(O)COc1cccc(/C=C2/C(=O)ON=C2c2ccccc2)c1. The average Bonchev–Trinajstić information content (AvgIpc) is 2.95. The van der Waals surface area contributed by atoms with E-state index in [0.717, 1.165) is 5.56 Å². The first-order valence-electron chi connectivity index (χ1n) is 7.15. The van der Waals surface area contributed by atoms with E-state index in [9.17, 15) is 9.59 Å². The van der Waals surface area contributed by atoms with E-state index in [1.54, 1.807) is 30.3 Å². The largest absolute Gasteiger partial charge is 0.482 e. The van der Waals surface area contributed by atoms with Crippen LogP contribution in [-0.2, 0) is 14.4 Å². The molecule has 0 atom stereocenters. The molecule has 24 heavy (non-hydrogen) atoms. The van der Waals surface area contributed by atoms with Gasteiger partial charge in [-0.3, -0.25) is 0 Å². The molecule has 6 nitrogen and oxygen atoms in total. The Morgan fingerprint density at radius 3 is 2.71 bits per heavy atom. The van der Waals surface area contributed by atoms with Crippen molar-refractivity contribution < 1.29 is 24.3 Å². The van der Waals surface area contributed by atoms with Crippen molar-refractivity contribution in [2.75, 3.05) is 6.61 Å². The lowest BCUT2D eigenvalue weighted by molar-refractivity contribution is -0.139. The van der Waals surface area contributed by atoms with Crippen LogP contribution >= 0.6 is 0 Å². The van der Waals surface area contributed by atoms with Crippen LogP contribution < -0.4 is 4.74 Å². The highest BCUT2D eigenvalue weighted by molar-refractivity contribution is 6.31. The first kappa shape index (κ1) is 15.5. The average molecular weight is 323 g/mol. The molecule has 2 aromatic carbocycles. The van der Waals surface area contributed by atoms with Gasteiger partial charge < -0.3 is 14.7 Å². The molecule has 0 aliphatic carbocycles. The number of carbonyl (C=O) groups is 2. The predicted molar refractivity (Wildman–Crippen MR) is 86.6 cm³/mol. The molecular formula is C18H13NO5. The van der Waals surface area contributed by atoms with E-state index in [-0.39, 0.29) is 0 Å². The van der Waals surface area contributed by atoms with Crippen molar-refractivity contribution >= 4 is 23.7 Å². The second-order valence-electron chi connectivity index (χ2n) is 5.00. The zero-order valence-corrected chi connectivity index (χ0v) is 12.5. The van der Waals surface area contributed by atoms with Crippen LogP contribution in [0, 0.1) is 0 Å². The van der Waals surface area contributed by atoms with Crippen molar-refractivity contribution in [2.24, 2.45) is 5.16 Å². The van der Waals surface area contributed by atoms with E-state index in [1.807, 2.05) is 30.3 Å². The van der Waals surface area contributed by atoms with Gasteiger partial charge in [0.05, 0.1) is 5.57 Å². The predicted octanol–water partition coefficient (Wildman–Crippen LogP) is 2.49. The molecule has 0 bridgehead atoms. The second kappa shape index (κ2) is 6.78. The second-order valence-corrected chi connectivity index (χ2v) is 5.00. The minimum atomic E-state index is -1.06. The summed E-state index contributed by atoms with van der Waals surface area (Å²) in [5.74, 6) is -1.20. The van der Waals surface area contributed by atoms with Crippen LogP contribution in [0.4, 0.5) is 0 Å². The van der Waals surface area contributed by atoms with Crippen LogP contribution in [0.3, 0.4) is 0 Å². The molecule has 120 valence electrons. The Labute approximate surface area is 137 Å². The minimum Gasteiger partial charge on any atom is -0.482 e. The summed E-state index contributed by atoms with van der Waals surface area (Å²) in [4.78, 5) is 27.3. The fourth-order valence-corrected chi connectivity index (χ4v) is 2.22. The Bertz CT molecular complexity index is 839. The van der Waals surface area contributed by atoms with E-state index >= 15 is 0 Å². The lowest BCUT2D eigenvalue weighted by Gasteiger charge is -2.04. The van der Waals surface area contributed by atoms with Crippen LogP contribution in [0.2, 0.25) is 0 Å². The number of carbonyl (C=O) groups excluding carboxylic acids is 1. The number of benzene rings is 2. The monoisotopic (exact) mass is 323 g/mol. The van der Waals surface area contributed by atoms with Gasteiger partial charge in [-0.15, -0.1) is 0 Å². The highest BCUT2D eigenvalue weighted by atomic mass is 16.7. The van der Waals surface area contributed by atoms with Crippen molar-refractivity contribution in [1.29, 1.82) is 0 Å². The van der Waals surface area contributed by atoms with Gasteiger partial charge in [0.1, 0.15) is 11.5 Å². The Kier molecular flexibility index (Phi) is 4.38. The van der Waals surface area contributed by atoms with E-state index in [2.05, 4.69) is 5.16 Å². The van der Waals surface area contributed by atoms with Gasteiger partial charge in [-0.1, -0.05) is 47.6 Å². The third-order valence-electron chi connectivity index (χ3n) is 3.27. The van der Waals surface area contributed by atoms with Gasteiger partial charge in [0, 0.05) is 5.56 Å². The van der Waals surface area contributed by atoms with Crippen molar-refractivity contribution in [1.82, 2.24) is 0 Å². The number of rotatable bonds is 5. The molecule has 0 amide bonds. The Balaban J connectivity index is 1.89. The summed E-state index contributed by atoms with van der Waals surface area (Å²) in [5.41, 5.74) is 2.23. The smallest absolute Gasteiger partial charge is 0.368 e. The summed E-state index contributed by atoms with van der Waals surface area (Å²) in [6, 6.07) is 16.0. The number of hydrogen-bond acceptors (Lipinski definition) is 5. The number of ether oxygens (including phenoxy) is 1. The molecule has 0 saturated heterocycles. The number of hydrogen-bond donors (Lipinski definition) is 1. The van der Waals surface area contributed by atoms with Crippen molar-refractivity contribution in [3.63, 3.8) is 0 Å². The summed E-state index contributed by atoms with van der Waals surface area (Å²) in [5, 5.41) is 12.5. The van der Waals surface area contributed by atoms with E-state index in [0.29, 0.717) is 22.6 Å². The maximum atomic E-state index is 11.9. The molecule has 1 aliphatic rings. The zero-order chi connectivity index (χ0) is 16.9. The van der Waals surface area contributed by atoms with Gasteiger partial charge in [-0.25, -0.2) is 9.59 Å². The molecule has 0 fully saturated rings. The highest BCUT2D eigenvalue weighted by Gasteiger charge is 2.26. The summed E-state index contributed by atoms with van der Waals surface area (Å²) >= 11 is 0. The molecule has 1 N–H and O–H groups in total. The van der Waals surface area contributed by atoms with Gasteiger partial charge in [0.15, 0.2) is 6.61 Å².